The summed E-state index contributed by atoms with van der Waals surface area (Å²) in [5, 5.41) is 10.8. The number of hydrazone groups is 1. The van der Waals surface area contributed by atoms with Gasteiger partial charge in [-0.3, -0.25) is 4.79 Å². The summed E-state index contributed by atoms with van der Waals surface area (Å²) in [5.74, 6) is 0.476. The average molecular weight is 553 g/mol. The first kappa shape index (κ1) is 26.2. The van der Waals surface area contributed by atoms with Crippen molar-refractivity contribution >= 4 is 45.9 Å². The summed E-state index contributed by atoms with van der Waals surface area (Å²) in [4.78, 5) is 17.2. The van der Waals surface area contributed by atoms with Gasteiger partial charge in [0.1, 0.15) is 12.4 Å². The normalized spacial score (nSPS) is 10.9. The second-order valence-electron chi connectivity index (χ2n) is 8.79. The Morgan fingerprint density at radius 1 is 0.949 bits per heavy atom. The van der Waals surface area contributed by atoms with E-state index in [2.05, 4.69) is 52.0 Å². The number of ether oxygens (including phenoxy) is 1. The smallest absolute Gasteiger partial charge is 0.271 e. The molecule has 8 heteroatoms. The van der Waals surface area contributed by atoms with E-state index in [1.807, 2.05) is 66.0 Å². The first-order chi connectivity index (χ1) is 19.0. The van der Waals surface area contributed by atoms with Crippen LogP contribution in [0.5, 0.6) is 5.75 Å². The monoisotopic (exact) mass is 552 g/mol. The van der Waals surface area contributed by atoms with Crippen molar-refractivity contribution in [2.24, 2.45) is 5.10 Å². The fraction of sp³-hybridized carbons (Fsp3) is 0.0645. The van der Waals surface area contributed by atoms with Crippen molar-refractivity contribution in [3.8, 4) is 17.0 Å². The maximum atomic E-state index is 12.5. The Balaban J connectivity index is 1.11. The number of carbonyl (C=O) groups is 1. The minimum atomic E-state index is -0.292. The molecule has 5 rings (SSSR count). The summed E-state index contributed by atoms with van der Waals surface area (Å²) in [6.45, 7) is 2.57. The number of aromatic nitrogens is 1. The van der Waals surface area contributed by atoms with Crippen LogP contribution in [0.2, 0.25) is 5.02 Å². The molecule has 0 unspecified atom stereocenters. The first-order valence-corrected chi connectivity index (χ1v) is 13.5. The SMILES string of the molecule is Cc1ccc(COc2ccc(/C=N\NC(=O)c3ccc(-c4csc(Nc5ccc(Cl)cc5)n4)cc3)cc2)cc1. The van der Waals surface area contributed by atoms with Crippen LogP contribution in [0.3, 0.4) is 0 Å². The lowest BCUT2D eigenvalue weighted by molar-refractivity contribution is 0.0955. The van der Waals surface area contributed by atoms with Gasteiger partial charge in [0.25, 0.3) is 5.91 Å². The van der Waals surface area contributed by atoms with Crippen molar-refractivity contribution in [3.63, 3.8) is 0 Å². The van der Waals surface area contributed by atoms with Crippen molar-refractivity contribution in [3.05, 3.63) is 130 Å². The minimum Gasteiger partial charge on any atom is -0.489 e. The Labute approximate surface area is 236 Å². The van der Waals surface area contributed by atoms with Crippen LogP contribution in [0.1, 0.15) is 27.0 Å². The fourth-order valence-electron chi connectivity index (χ4n) is 3.64. The van der Waals surface area contributed by atoms with E-state index in [0.717, 1.165) is 39.0 Å². The molecule has 0 spiro atoms. The van der Waals surface area contributed by atoms with Gasteiger partial charge in [-0.15, -0.1) is 11.3 Å². The molecule has 5 aromatic rings. The molecule has 39 heavy (non-hydrogen) atoms. The van der Waals surface area contributed by atoms with Crippen LogP contribution in [0.25, 0.3) is 11.3 Å². The average Bonchev–Trinajstić information content (AvgIpc) is 3.43. The lowest BCUT2D eigenvalue weighted by atomic mass is 10.1. The van der Waals surface area contributed by atoms with Gasteiger partial charge in [-0.05, 0) is 78.7 Å². The highest BCUT2D eigenvalue weighted by molar-refractivity contribution is 7.14. The Morgan fingerprint density at radius 2 is 1.67 bits per heavy atom. The predicted octanol–water partition coefficient (Wildman–Crippen LogP) is 7.86. The summed E-state index contributed by atoms with van der Waals surface area (Å²) in [7, 11) is 0. The summed E-state index contributed by atoms with van der Waals surface area (Å²) in [6, 6.07) is 30.5. The molecule has 6 nitrogen and oxygen atoms in total. The van der Waals surface area contributed by atoms with Crippen LogP contribution in [0.4, 0.5) is 10.8 Å². The van der Waals surface area contributed by atoms with E-state index in [0.29, 0.717) is 17.2 Å². The van der Waals surface area contributed by atoms with E-state index in [1.54, 1.807) is 18.3 Å². The summed E-state index contributed by atoms with van der Waals surface area (Å²) in [5.41, 5.74) is 8.92. The molecule has 0 aliphatic heterocycles. The van der Waals surface area contributed by atoms with Crippen molar-refractivity contribution in [2.45, 2.75) is 13.5 Å². The molecule has 0 fully saturated rings. The van der Waals surface area contributed by atoms with Crippen LogP contribution in [0, 0.1) is 6.92 Å². The topological polar surface area (TPSA) is 75.6 Å². The van der Waals surface area contributed by atoms with Crippen LogP contribution >= 0.6 is 22.9 Å². The van der Waals surface area contributed by atoms with E-state index in [1.165, 1.54) is 16.9 Å². The van der Waals surface area contributed by atoms with Gasteiger partial charge in [0.15, 0.2) is 5.13 Å². The minimum absolute atomic E-state index is 0.292. The number of thiazole rings is 1. The van der Waals surface area contributed by atoms with Gasteiger partial charge in [-0.1, -0.05) is 53.6 Å². The van der Waals surface area contributed by atoms with E-state index < -0.39 is 0 Å². The van der Waals surface area contributed by atoms with E-state index in [9.17, 15) is 4.79 Å². The number of carbonyl (C=O) groups excluding carboxylic acids is 1. The number of amides is 1. The Hall–Kier alpha value is -4.46. The maximum absolute atomic E-state index is 12.5. The molecule has 1 aromatic heterocycles. The largest absolute Gasteiger partial charge is 0.489 e. The fourth-order valence-corrected chi connectivity index (χ4v) is 4.51. The molecule has 0 bridgehead atoms. The number of rotatable bonds is 9. The summed E-state index contributed by atoms with van der Waals surface area (Å²) in [6.07, 6.45) is 1.60. The van der Waals surface area contributed by atoms with Crippen molar-refractivity contribution in [1.29, 1.82) is 0 Å². The van der Waals surface area contributed by atoms with E-state index in [4.69, 9.17) is 16.3 Å². The van der Waals surface area contributed by atoms with Crippen LogP contribution in [0.15, 0.2) is 108 Å². The van der Waals surface area contributed by atoms with E-state index >= 15 is 0 Å². The number of benzene rings is 4. The van der Waals surface area contributed by atoms with Gasteiger partial charge in [-0.2, -0.15) is 5.10 Å². The third-order valence-electron chi connectivity index (χ3n) is 5.83. The lowest BCUT2D eigenvalue weighted by Crippen LogP contribution is -2.17. The standard InChI is InChI=1S/C31H25ClN4O2S/c1-21-2-4-23(5-3-21)19-38-28-16-6-22(7-17-28)18-33-36-30(37)25-10-8-24(9-11-25)29-20-39-31(35-29)34-27-14-12-26(32)13-15-27/h2-18,20H,19H2,1H3,(H,34,35)(H,36,37)/b33-18-. The van der Waals surface area contributed by atoms with Gasteiger partial charge in [0, 0.05) is 27.2 Å². The molecule has 1 amide bonds. The molecular weight excluding hydrogens is 528 g/mol. The van der Waals surface area contributed by atoms with Crippen LogP contribution < -0.4 is 15.5 Å². The van der Waals surface area contributed by atoms with Gasteiger partial charge < -0.3 is 10.1 Å². The zero-order chi connectivity index (χ0) is 27.0. The van der Waals surface area contributed by atoms with Gasteiger partial charge in [0.2, 0.25) is 0 Å². The van der Waals surface area contributed by atoms with Crippen LogP contribution in [-0.2, 0) is 6.61 Å². The molecule has 0 atom stereocenters. The zero-order valence-electron chi connectivity index (χ0n) is 21.1. The second kappa shape index (κ2) is 12.4. The molecule has 2 N–H and O–H groups in total. The number of nitrogens with zero attached hydrogens (tertiary/aromatic N) is 2. The lowest BCUT2D eigenvalue weighted by Gasteiger charge is -2.07. The van der Waals surface area contributed by atoms with Crippen molar-refractivity contribution in [2.75, 3.05) is 5.32 Å². The van der Waals surface area contributed by atoms with Gasteiger partial charge >= 0.3 is 0 Å². The highest BCUT2D eigenvalue weighted by atomic mass is 35.5. The highest BCUT2D eigenvalue weighted by Crippen LogP contribution is 2.28. The quantitative estimate of drug-likeness (QED) is 0.144. The predicted molar refractivity (Wildman–Crippen MR) is 159 cm³/mol. The second-order valence-corrected chi connectivity index (χ2v) is 10.1. The third-order valence-corrected chi connectivity index (χ3v) is 6.84. The number of hydrogen-bond acceptors (Lipinski definition) is 6. The number of hydrogen-bond donors (Lipinski definition) is 2. The molecule has 0 aliphatic rings. The maximum Gasteiger partial charge on any atom is 0.271 e. The molecule has 0 radical (unpaired) electrons. The summed E-state index contributed by atoms with van der Waals surface area (Å²) < 4.78 is 5.83. The Kier molecular flexibility index (Phi) is 8.31. The molecular formula is C31H25ClN4O2S. The van der Waals surface area contributed by atoms with Gasteiger partial charge in [0.05, 0.1) is 11.9 Å². The van der Waals surface area contributed by atoms with Crippen molar-refractivity contribution in [1.82, 2.24) is 10.4 Å². The molecule has 0 saturated heterocycles. The summed E-state index contributed by atoms with van der Waals surface area (Å²) >= 11 is 7.45. The van der Waals surface area contributed by atoms with Gasteiger partial charge in [-0.25, -0.2) is 10.4 Å². The Bertz CT molecular complexity index is 1560. The number of nitrogens with one attached hydrogen (secondary N) is 2. The molecule has 0 aliphatic carbocycles. The van der Waals surface area contributed by atoms with Crippen molar-refractivity contribution < 1.29 is 9.53 Å². The zero-order valence-corrected chi connectivity index (χ0v) is 22.7. The molecule has 194 valence electrons. The molecule has 4 aromatic carbocycles. The van der Waals surface area contributed by atoms with Crippen LogP contribution in [-0.4, -0.2) is 17.1 Å². The van der Waals surface area contributed by atoms with E-state index in [-0.39, 0.29) is 5.91 Å². The number of halogens is 1. The first-order valence-electron chi connectivity index (χ1n) is 12.2. The third kappa shape index (κ3) is 7.31. The number of aryl methyl sites for hydroxylation is 1. The highest BCUT2D eigenvalue weighted by Gasteiger charge is 2.08. The molecule has 1 heterocycles. The molecule has 0 saturated carbocycles. The number of anilines is 2. The Morgan fingerprint density at radius 3 is 2.38 bits per heavy atom.